The van der Waals surface area contributed by atoms with Gasteiger partial charge in [0.05, 0.1) is 22.7 Å². The van der Waals surface area contributed by atoms with Crippen molar-refractivity contribution in [3.05, 3.63) is 75.4 Å². The molecule has 0 saturated heterocycles. The second-order valence-electron chi connectivity index (χ2n) is 7.51. The van der Waals surface area contributed by atoms with E-state index in [1.54, 1.807) is 22.4 Å². The van der Waals surface area contributed by atoms with Crippen molar-refractivity contribution in [2.45, 2.75) is 25.6 Å². The van der Waals surface area contributed by atoms with Gasteiger partial charge in [-0.1, -0.05) is 41.9 Å². The summed E-state index contributed by atoms with van der Waals surface area (Å²) < 4.78 is 42.0. The van der Waals surface area contributed by atoms with Gasteiger partial charge in [0.2, 0.25) is 5.91 Å². The first-order chi connectivity index (χ1) is 15.3. The highest BCUT2D eigenvalue weighted by molar-refractivity contribution is 7.13. The third-order valence-electron chi connectivity index (χ3n) is 5.47. The number of hydrogen-bond acceptors (Lipinski definition) is 4. The Kier molecular flexibility index (Phi) is 5.17. The summed E-state index contributed by atoms with van der Waals surface area (Å²) in [5.41, 5.74) is 1.40. The summed E-state index contributed by atoms with van der Waals surface area (Å²) in [6.45, 7) is 0.990. The van der Waals surface area contributed by atoms with Crippen molar-refractivity contribution in [2.75, 3.05) is 6.54 Å². The number of thiophene rings is 1. The van der Waals surface area contributed by atoms with Crippen molar-refractivity contribution in [3.8, 4) is 10.6 Å². The smallest absolute Gasteiger partial charge is 0.338 e. The number of aromatic nitrogens is 3. The Hall–Kier alpha value is -2.91. The Balaban J connectivity index is 1.50. The number of alkyl halides is 3. The Labute approximate surface area is 190 Å². The molecule has 4 aromatic rings. The largest absolute Gasteiger partial charge is 0.433 e. The average molecular weight is 477 g/mol. The second-order valence-corrected chi connectivity index (χ2v) is 8.83. The molecule has 1 aliphatic heterocycles. The molecule has 10 heteroatoms. The van der Waals surface area contributed by atoms with Crippen LogP contribution >= 0.6 is 22.9 Å². The van der Waals surface area contributed by atoms with Gasteiger partial charge in [-0.2, -0.15) is 18.3 Å². The van der Waals surface area contributed by atoms with Crippen LogP contribution in [0.3, 0.4) is 0 Å². The molecule has 4 heterocycles. The number of halogens is 4. The van der Waals surface area contributed by atoms with Gasteiger partial charge in [-0.05, 0) is 35.1 Å². The Bertz CT molecular complexity index is 1320. The summed E-state index contributed by atoms with van der Waals surface area (Å²) >= 11 is 7.67. The van der Waals surface area contributed by atoms with Crippen molar-refractivity contribution in [3.63, 3.8) is 0 Å². The van der Waals surface area contributed by atoms with Crippen molar-refractivity contribution >= 4 is 34.5 Å². The molecule has 1 amide bonds. The molecule has 1 aromatic carbocycles. The van der Waals surface area contributed by atoms with Gasteiger partial charge < -0.3 is 4.90 Å². The van der Waals surface area contributed by atoms with Crippen molar-refractivity contribution in [1.29, 1.82) is 0 Å². The fourth-order valence-corrected chi connectivity index (χ4v) is 4.78. The van der Waals surface area contributed by atoms with Crippen LogP contribution in [0.2, 0.25) is 5.02 Å². The van der Waals surface area contributed by atoms with Crippen LogP contribution < -0.4 is 0 Å². The second kappa shape index (κ2) is 7.90. The molecule has 0 aliphatic carbocycles. The van der Waals surface area contributed by atoms with E-state index in [2.05, 4.69) is 10.1 Å². The Morgan fingerprint density at radius 2 is 1.94 bits per heavy atom. The predicted octanol–water partition coefficient (Wildman–Crippen LogP) is 5.26. The number of carbonyl (C=O) groups is 1. The lowest BCUT2D eigenvalue weighted by Gasteiger charge is -2.28. The van der Waals surface area contributed by atoms with Gasteiger partial charge in [0.15, 0.2) is 11.3 Å². The van der Waals surface area contributed by atoms with Crippen molar-refractivity contribution < 1.29 is 18.0 Å². The number of carbonyl (C=O) groups excluding carboxylic acids is 1. The highest BCUT2D eigenvalue weighted by Crippen LogP contribution is 2.35. The van der Waals surface area contributed by atoms with Gasteiger partial charge in [-0.25, -0.2) is 9.50 Å². The van der Waals surface area contributed by atoms with E-state index in [1.165, 1.54) is 16.9 Å². The Morgan fingerprint density at radius 1 is 1.16 bits per heavy atom. The quantitative estimate of drug-likeness (QED) is 0.405. The van der Waals surface area contributed by atoms with Gasteiger partial charge in [-0.3, -0.25) is 4.79 Å². The molecule has 5 nitrogen and oxygen atoms in total. The fraction of sp³-hybridized carbons (Fsp3) is 0.227. The summed E-state index contributed by atoms with van der Waals surface area (Å²) in [4.78, 5) is 19.5. The minimum absolute atomic E-state index is 0.0420. The van der Waals surface area contributed by atoms with Gasteiger partial charge in [0.25, 0.3) is 0 Å². The van der Waals surface area contributed by atoms with Crippen LogP contribution in [0.15, 0.2) is 47.8 Å². The monoisotopic (exact) mass is 476 g/mol. The molecular weight excluding hydrogens is 461 g/mol. The van der Waals surface area contributed by atoms with Crippen LogP contribution in [0.25, 0.3) is 16.2 Å². The topological polar surface area (TPSA) is 50.5 Å². The standard InChI is InChI=1S/C22H16ClF3N4OS/c23-20-16(11-19(31)29-8-7-13-4-1-2-5-14(13)12-29)28-30-18(22(24,25)26)10-15(27-21(20)30)17-6-3-9-32-17/h1-6,9-10H,7-8,11-12H2. The number of hydrogen-bond donors (Lipinski definition) is 0. The molecule has 164 valence electrons. The first-order valence-corrected chi connectivity index (χ1v) is 11.1. The predicted molar refractivity (Wildman–Crippen MR) is 116 cm³/mol. The molecule has 1 aliphatic rings. The lowest BCUT2D eigenvalue weighted by Crippen LogP contribution is -2.37. The molecule has 0 bridgehead atoms. The summed E-state index contributed by atoms with van der Waals surface area (Å²) in [6.07, 6.45) is -4.14. The zero-order valence-electron chi connectivity index (χ0n) is 16.6. The van der Waals surface area contributed by atoms with Crippen LogP contribution in [0.5, 0.6) is 0 Å². The zero-order valence-corrected chi connectivity index (χ0v) is 18.1. The van der Waals surface area contributed by atoms with E-state index < -0.39 is 11.9 Å². The van der Waals surface area contributed by atoms with Crippen LogP contribution in [0.4, 0.5) is 13.2 Å². The van der Waals surface area contributed by atoms with Gasteiger partial charge in [0, 0.05) is 13.1 Å². The normalized spacial score (nSPS) is 14.1. The molecular formula is C22H16ClF3N4OS. The summed E-state index contributed by atoms with van der Waals surface area (Å²) in [5, 5.41) is 5.75. The molecule has 0 spiro atoms. The van der Waals surface area contributed by atoms with E-state index in [9.17, 15) is 18.0 Å². The highest BCUT2D eigenvalue weighted by atomic mass is 35.5. The van der Waals surface area contributed by atoms with Gasteiger partial charge in [0.1, 0.15) is 5.02 Å². The number of nitrogens with zero attached hydrogens (tertiary/aromatic N) is 4. The molecule has 0 N–H and O–H groups in total. The number of fused-ring (bicyclic) bond motifs is 2. The maximum atomic E-state index is 13.8. The van der Waals surface area contributed by atoms with Crippen LogP contribution in [-0.2, 0) is 30.4 Å². The maximum absolute atomic E-state index is 13.8. The molecule has 5 rings (SSSR count). The minimum Gasteiger partial charge on any atom is -0.338 e. The van der Waals surface area contributed by atoms with E-state index in [1.807, 2.05) is 24.3 Å². The average Bonchev–Trinajstić information content (AvgIpc) is 3.41. The number of rotatable bonds is 3. The molecule has 0 saturated carbocycles. The summed E-state index contributed by atoms with van der Waals surface area (Å²) in [6, 6.07) is 12.3. The molecule has 0 radical (unpaired) electrons. The van der Waals surface area contributed by atoms with Gasteiger partial charge in [-0.15, -0.1) is 11.3 Å². The lowest BCUT2D eigenvalue weighted by molar-refractivity contribution is -0.142. The first-order valence-electron chi connectivity index (χ1n) is 9.85. The van der Waals surface area contributed by atoms with E-state index in [0.717, 1.165) is 18.1 Å². The SMILES string of the molecule is O=C(Cc1nn2c(C(F)(F)F)cc(-c3cccs3)nc2c1Cl)N1CCc2ccccc2C1. The Morgan fingerprint density at radius 3 is 2.66 bits per heavy atom. The number of benzene rings is 1. The first kappa shape index (κ1) is 21.0. The van der Waals surface area contributed by atoms with Crippen LogP contribution in [0, 0.1) is 0 Å². The summed E-state index contributed by atoms with van der Waals surface area (Å²) in [5.74, 6) is -0.239. The zero-order chi connectivity index (χ0) is 22.5. The highest BCUT2D eigenvalue weighted by Gasteiger charge is 2.36. The van der Waals surface area contributed by atoms with E-state index in [-0.39, 0.29) is 34.4 Å². The third kappa shape index (κ3) is 3.75. The number of amides is 1. The van der Waals surface area contributed by atoms with Crippen molar-refractivity contribution in [2.24, 2.45) is 0 Å². The minimum atomic E-state index is -4.67. The van der Waals surface area contributed by atoms with Crippen molar-refractivity contribution in [1.82, 2.24) is 19.5 Å². The fourth-order valence-electron chi connectivity index (χ4n) is 3.86. The van der Waals surface area contributed by atoms with E-state index >= 15 is 0 Å². The lowest BCUT2D eigenvalue weighted by atomic mass is 9.99. The van der Waals surface area contributed by atoms with Crippen LogP contribution in [-0.4, -0.2) is 31.9 Å². The molecule has 0 fully saturated rings. The molecule has 0 atom stereocenters. The maximum Gasteiger partial charge on any atom is 0.433 e. The molecule has 0 unspecified atom stereocenters. The molecule has 32 heavy (non-hydrogen) atoms. The van der Waals surface area contributed by atoms with E-state index in [0.29, 0.717) is 22.5 Å². The third-order valence-corrected chi connectivity index (χ3v) is 6.74. The summed E-state index contributed by atoms with van der Waals surface area (Å²) in [7, 11) is 0. The van der Waals surface area contributed by atoms with E-state index in [4.69, 9.17) is 11.6 Å². The van der Waals surface area contributed by atoms with Crippen LogP contribution in [0.1, 0.15) is 22.5 Å². The molecule has 3 aromatic heterocycles. The van der Waals surface area contributed by atoms with Gasteiger partial charge >= 0.3 is 6.18 Å².